The Morgan fingerprint density at radius 3 is 3.00 bits per heavy atom. The Labute approximate surface area is 127 Å². The highest BCUT2D eigenvalue weighted by molar-refractivity contribution is 9.10. The van der Waals surface area contributed by atoms with E-state index >= 15 is 0 Å². The van der Waals surface area contributed by atoms with Crippen molar-refractivity contribution in [3.8, 4) is 0 Å². The summed E-state index contributed by atoms with van der Waals surface area (Å²) in [5.41, 5.74) is 2.45. The summed E-state index contributed by atoms with van der Waals surface area (Å²) < 4.78 is 1.09. The van der Waals surface area contributed by atoms with Gasteiger partial charge in [0.25, 0.3) is 0 Å². The molecule has 1 fully saturated rings. The van der Waals surface area contributed by atoms with Gasteiger partial charge in [-0.05, 0) is 37.0 Å². The first kappa shape index (κ1) is 15.0. The lowest BCUT2D eigenvalue weighted by molar-refractivity contribution is -0.128. The van der Waals surface area contributed by atoms with E-state index in [4.69, 9.17) is 0 Å². The van der Waals surface area contributed by atoms with E-state index in [2.05, 4.69) is 39.6 Å². The molecule has 0 radical (unpaired) electrons. The van der Waals surface area contributed by atoms with Gasteiger partial charge >= 0.3 is 0 Å². The van der Waals surface area contributed by atoms with Crippen LogP contribution in [0.4, 0.5) is 0 Å². The summed E-state index contributed by atoms with van der Waals surface area (Å²) in [6.45, 7) is 3.15. The zero-order valence-electron chi connectivity index (χ0n) is 11.5. The molecule has 2 rings (SSSR count). The molecule has 0 saturated carbocycles. The summed E-state index contributed by atoms with van der Waals surface area (Å²) in [5.74, 6) is -0.00670. The third kappa shape index (κ3) is 3.82. The van der Waals surface area contributed by atoms with E-state index in [0.29, 0.717) is 25.9 Å². The first-order chi connectivity index (χ1) is 9.58. The smallest absolute Gasteiger partial charge is 0.224 e. The first-order valence-corrected chi connectivity index (χ1v) is 7.65. The highest BCUT2D eigenvalue weighted by Gasteiger charge is 2.23. The lowest BCUT2D eigenvalue weighted by atomic mass is 9.98. The molecule has 0 bridgehead atoms. The standard InChI is InChI=1S/C15H19BrN2O2/c1-10-11(3-2-4-13(10)16)7-8-17-15(20)12-5-6-14(19)18-9-12/h2-4,12H,5-9H2,1H3,(H,17,20)(H,18,19). The maximum atomic E-state index is 12.0. The molecule has 1 aliphatic rings. The molecule has 20 heavy (non-hydrogen) atoms. The van der Waals surface area contributed by atoms with Crippen molar-refractivity contribution >= 4 is 27.7 Å². The SMILES string of the molecule is Cc1c(Br)cccc1CCNC(=O)C1CCC(=O)NC1. The zero-order valence-corrected chi connectivity index (χ0v) is 13.1. The number of benzene rings is 1. The van der Waals surface area contributed by atoms with Gasteiger partial charge in [0.2, 0.25) is 11.8 Å². The molecule has 1 saturated heterocycles. The molecule has 1 atom stereocenters. The number of nitrogens with one attached hydrogen (secondary N) is 2. The van der Waals surface area contributed by atoms with Gasteiger partial charge in [0.15, 0.2) is 0 Å². The fourth-order valence-corrected chi connectivity index (χ4v) is 2.75. The van der Waals surface area contributed by atoms with E-state index < -0.39 is 0 Å². The molecule has 0 spiro atoms. The van der Waals surface area contributed by atoms with Crippen LogP contribution in [0.3, 0.4) is 0 Å². The molecule has 1 aromatic rings. The van der Waals surface area contributed by atoms with Gasteiger partial charge in [-0.2, -0.15) is 0 Å². The highest BCUT2D eigenvalue weighted by atomic mass is 79.9. The van der Waals surface area contributed by atoms with Crippen LogP contribution in [-0.2, 0) is 16.0 Å². The second-order valence-electron chi connectivity index (χ2n) is 5.10. The number of amides is 2. The van der Waals surface area contributed by atoms with Crippen molar-refractivity contribution in [2.24, 2.45) is 5.92 Å². The molecule has 4 nitrogen and oxygen atoms in total. The molecule has 0 aliphatic carbocycles. The molecule has 108 valence electrons. The minimum Gasteiger partial charge on any atom is -0.355 e. The molecular weight excluding hydrogens is 320 g/mol. The van der Waals surface area contributed by atoms with Crippen LogP contribution in [0.15, 0.2) is 22.7 Å². The Balaban J connectivity index is 1.79. The number of carbonyl (C=O) groups excluding carboxylic acids is 2. The third-order valence-corrected chi connectivity index (χ3v) is 4.57. The quantitative estimate of drug-likeness (QED) is 0.881. The van der Waals surface area contributed by atoms with Gasteiger partial charge in [0.1, 0.15) is 0 Å². The van der Waals surface area contributed by atoms with Crippen LogP contribution in [0.25, 0.3) is 0 Å². The van der Waals surface area contributed by atoms with E-state index in [1.807, 2.05) is 12.1 Å². The van der Waals surface area contributed by atoms with Crippen molar-refractivity contribution in [3.05, 3.63) is 33.8 Å². The van der Waals surface area contributed by atoms with Gasteiger partial charge < -0.3 is 10.6 Å². The van der Waals surface area contributed by atoms with Gasteiger partial charge in [-0.25, -0.2) is 0 Å². The largest absolute Gasteiger partial charge is 0.355 e. The lowest BCUT2D eigenvalue weighted by Gasteiger charge is -2.21. The number of rotatable bonds is 4. The van der Waals surface area contributed by atoms with Crippen LogP contribution in [-0.4, -0.2) is 24.9 Å². The molecule has 5 heteroatoms. The van der Waals surface area contributed by atoms with E-state index in [0.717, 1.165) is 10.9 Å². The summed E-state index contributed by atoms with van der Waals surface area (Å²) in [7, 11) is 0. The Hall–Kier alpha value is -1.36. The summed E-state index contributed by atoms with van der Waals surface area (Å²) in [5, 5.41) is 5.69. The number of halogens is 1. The van der Waals surface area contributed by atoms with Gasteiger partial charge in [-0.3, -0.25) is 9.59 Å². The Kier molecular flexibility index (Phi) is 5.17. The molecule has 1 heterocycles. The summed E-state index contributed by atoms with van der Waals surface area (Å²) in [4.78, 5) is 23.0. The van der Waals surface area contributed by atoms with Crippen LogP contribution in [0.5, 0.6) is 0 Å². The van der Waals surface area contributed by atoms with Crippen LogP contribution >= 0.6 is 15.9 Å². The average molecular weight is 339 g/mol. The Morgan fingerprint density at radius 1 is 1.50 bits per heavy atom. The number of piperidine rings is 1. The fourth-order valence-electron chi connectivity index (χ4n) is 2.34. The number of carbonyl (C=O) groups is 2. The van der Waals surface area contributed by atoms with Crippen LogP contribution in [0, 0.1) is 12.8 Å². The Bertz CT molecular complexity index is 507. The van der Waals surface area contributed by atoms with Crippen molar-refractivity contribution in [1.29, 1.82) is 0 Å². The summed E-state index contributed by atoms with van der Waals surface area (Å²) in [6, 6.07) is 6.10. The van der Waals surface area contributed by atoms with Gasteiger partial charge in [-0.15, -0.1) is 0 Å². The molecule has 2 N–H and O–H groups in total. The molecule has 1 aliphatic heterocycles. The first-order valence-electron chi connectivity index (χ1n) is 6.86. The molecule has 1 unspecified atom stereocenters. The van der Waals surface area contributed by atoms with E-state index in [1.54, 1.807) is 0 Å². The van der Waals surface area contributed by atoms with Gasteiger partial charge in [0, 0.05) is 24.0 Å². The van der Waals surface area contributed by atoms with E-state index in [1.165, 1.54) is 11.1 Å². The monoisotopic (exact) mass is 338 g/mol. The van der Waals surface area contributed by atoms with Crippen molar-refractivity contribution < 1.29 is 9.59 Å². The molecule has 2 amide bonds. The van der Waals surface area contributed by atoms with Crippen molar-refractivity contribution in [1.82, 2.24) is 10.6 Å². The summed E-state index contributed by atoms with van der Waals surface area (Å²) in [6.07, 6.45) is 1.91. The minimum absolute atomic E-state index is 0.0395. The predicted octanol–water partition coefficient (Wildman–Crippen LogP) is 1.94. The molecular formula is C15H19BrN2O2. The molecule has 0 aromatic heterocycles. The highest BCUT2D eigenvalue weighted by Crippen LogP contribution is 2.19. The summed E-state index contributed by atoms with van der Waals surface area (Å²) >= 11 is 3.51. The number of hydrogen-bond donors (Lipinski definition) is 2. The maximum Gasteiger partial charge on any atom is 0.224 e. The van der Waals surface area contributed by atoms with Crippen LogP contribution < -0.4 is 10.6 Å². The topological polar surface area (TPSA) is 58.2 Å². The lowest BCUT2D eigenvalue weighted by Crippen LogP contribution is -2.43. The van der Waals surface area contributed by atoms with Crippen molar-refractivity contribution in [2.45, 2.75) is 26.2 Å². The van der Waals surface area contributed by atoms with Gasteiger partial charge in [0.05, 0.1) is 5.92 Å². The van der Waals surface area contributed by atoms with Crippen molar-refractivity contribution in [3.63, 3.8) is 0 Å². The third-order valence-electron chi connectivity index (χ3n) is 3.71. The number of hydrogen-bond acceptors (Lipinski definition) is 2. The zero-order chi connectivity index (χ0) is 14.5. The predicted molar refractivity (Wildman–Crippen MR) is 81.3 cm³/mol. The van der Waals surface area contributed by atoms with E-state index in [9.17, 15) is 9.59 Å². The average Bonchev–Trinajstić information content (AvgIpc) is 2.44. The van der Waals surface area contributed by atoms with Crippen LogP contribution in [0.2, 0.25) is 0 Å². The van der Waals surface area contributed by atoms with E-state index in [-0.39, 0.29) is 17.7 Å². The maximum absolute atomic E-state index is 12.0. The normalized spacial score (nSPS) is 18.5. The Morgan fingerprint density at radius 2 is 2.30 bits per heavy atom. The minimum atomic E-state index is -0.0868. The van der Waals surface area contributed by atoms with Crippen LogP contribution in [0.1, 0.15) is 24.0 Å². The van der Waals surface area contributed by atoms with Crippen molar-refractivity contribution in [2.75, 3.05) is 13.1 Å². The second kappa shape index (κ2) is 6.88. The fraction of sp³-hybridized carbons (Fsp3) is 0.467. The molecule has 1 aromatic carbocycles. The second-order valence-corrected chi connectivity index (χ2v) is 5.96. The van der Waals surface area contributed by atoms with Gasteiger partial charge in [-0.1, -0.05) is 28.1 Å².